The number of hydrogen-bond acceptors (Lipinski definition) is 12. The predicted octanol–water partition coefficient (Wildman–Crippen LogP) is 17.7. The number of benzene rings is 9. The Morgan fingerprint density at radius 1 is 0.341 bits per heavy atom. The Labute approximate surface area is 546 Å². The number of carboxylic acids is 3. The maximum atomic E-state index is 11.9. The fourth-order valence-electron chi connectivity index (χ4n) is 8.31. The third-order valence-corrected chi connectivity index (χ3v) is 14.3. The van der Waals surface area contributed by atoms with E-state index >= 15 is 0 Å². The summed E-state index contributed by atoms with van der Waals surface area (Å²) in [5.41, 5.74) is 7.17. The predicted molar refractivity (Wildman–Crippen MR) is 354 cm³/mol. The van der Waals surface area contributed by atoms with Crippen LogP contribution in [0.3, 0.4) is 0 Å². The Morgan fingerprint density at radius 3 is 0.773 bits per heavy atom. The molecule has 3 unspecified atom stereocenters. The first-order valence-corrected chi connectivity index (χ1v) is 28.4. The van der Waals surface area contributed by atoms with E-state index in [4.69, 9.17) is 49.0 Å². The number of ether oxygens (including phenoxy) is 3. The average Bonchev–Trinajstić information content (AvgIpc) is 3.76. The number of hydrogen-bond donors (Lipinski definition) is 3. The van der Waals surface area contributed by atoms with Crippen LogP contribution in [0.25, 0.3) is 50.2 Å². The highest BCUT2D eigenvalue weighted by molar-refractivity contribution is 9.11. The van der Waals surface area contributed by atoms with Gasteiger partial charge in [0.05, 0.1) is 0 Å². The molecule has 0 saturated carbocycles. The number of fused-ring (bicyclic) bond motifs is 3. The Hall–Kier alpha value is -8.70. The number of nitrogens with zero attached hydrogens (tertiary/aromatic N) is 9. The minimum absolute atomic E-state index is 0. The van der Waals surface area contributed by atoms with E-state index in [-0.39, 0.29) is 29.7 Å². The van der Waals surface area contributed by atoms with Gasteiger partial charge in [0.15, 0.2) is 0 Å². The molecule has 0 fully saturated rings. The van der Waals surface area contributed by atoms with Gasteiger partial charge in [-0.1, -0.05) is 185 Å². The lowest BCUT2D eigenvalue weighted by atomic mass is 10.1. The van der Waals surface area contributed by atoms with Gasteiger partial charge in [-0.2, -0.15) is 0 Å². The van der Waals surface area contributed by atoms with Gasteiger partial charge in [-0.15, -0.1) is 45.0 Å². The molecule has 0 aliphatic heterocycles. The molecule has 452 valence electrons. The summed E-state index contributed by atoms with van der Waals surface area (Å²) in [6.07, 6.45) is -3.70. The molecule has 3 aromatic heterocycles. The van der Waals surface area contributed by atoms with Crippen LogP contribution in [0.15, 0.2) is 214 Å². The van der Waals surface area contributed by atoms with E-state index in [0.29, 0.717) is 66.1 Å². The SMILES string of the molecule is C.C.C.C.O=C(O)C(Oc1ccc(Br)cc1-n1nc2ccccc2n1)c1cccc(Cl)c1.O=C(O)C(Oc1ccc(Br)cc1-n1nc2ccccc2n1)c1cccc(Cl)c1.O=C(O)C(Oc1ccc(Br)cc1-n1nc2ccccc2n1)c1cccc(Cl)c1. The number of rotatable bonds is 15. The van der Waals surface area contributed by atoms with Gasteiger partial charge in [0.1, 0.15) is 67.4 Å². The average molecular weight is 1440 g/mol. The normalized spacial score (nSPS) is 11.5. The van der Waals surface area contributed by atoms with E-state index in [1.807, 2.05) is 72.8 Å². The Kier molecular flexibility index (Phi) is 23.9. The molecule has 88 heavy (non-hydrogen) atoms. The maximum Gasteiger partial charge on any atom is 0.349 e. The van der Waals surface area contributed by atoms with Crippen molar-refractivity contribution in [2.24, 2.45) is 0 Å². The zero-order valence-corrected chi connectivity index (χ0v) is 49.9. The molecule has 12 rings (SSSR count). The van der Waals surface area contributed by atoms with Crippen molar-refractivity contribution in [3.63, 3.8) is 0 Å². The summed E-state index contributed by atoms with van der Waals surface area (Å²) in [6.45, 7) is 0. The van der Waals surface area contributed by atoms with Gasteiger partial charge in [-0.3, -0.25) is 0 Å². The number of carboxylic acid groups (broad SMARTS) is 3. The van der Waals surface area contributed by atoms with Gasteiger partial charge < -0.3 is 29.5 Å². The highest BCUT2D eigenvalue weighted by atomic mass is 79.9. The summed E-state index contributed by atoms with van der Waals surface area (Å²) in [7, 11) is 0. The van der Waals surface area contributed by atoms with Crippen molar-refractivity contribution in [1.82, 2.24) is 45.0 Å². The highest BCUT2D eigenvalue weighted by Crippen LogP contribution is 2.35. The largest absolute Gasteiger partial charge is 0.478 e. The van der Waals surface area contributed by atoms with Gasteiger partial charge in [0.2, 0.25) is 18.3 Å². The molecule has 24 heteroatoms. The summed E-state index contributed by atoms with van der Waals surface area (Å²) >= 11 is 28.3. The molecule has 0 radical (unpaired) electrons. The molecule has 3 heterocycles. The van der Waals surface area contributed by atoms with Crippen LogP contribution < -0.4 is 14.2 Å². The van der Waals surface area contributed by atoms with Crippen LogP contribution in [-0.4, -0.2) is 78.2 Å². The summed E-state index contributed by atoms with van der Waals surface area (Å²) in [6, 6.07) is 57.7. The number of halogens is 6. The second-order valence-electron chi connectivity index (χ2n) is 17.9. The van der Waals surface area contributed by atoms with E-state index in [2.05, 4.69) is 78.4 Å². The molecular weight excluding hydrogens is 1380 g/mol. The molecular formula is C64H55Br3Cl3N9O9. The third kappa shape index (κ3) is 16.5. The summed E-state index contributed by atoms with van der Waals surface area (Å²) in [5.74, 6) is -2.40. The van der Waals surface area contributed by atoms with Crippen LogP contribution in [0.1, 0.15) is 64.7 Å². The van der Waals surface area contributed by atoms with Gasteiger partial charge in [0.25, 0.3) is 0 Å². The first-order valence-electron chi connectivity index (χ1n) is 24.8. The van der Waals surface area contributed by atoms with Crippen molar-refractivity contribution in [2.45, 2.75) is 48.0 Å². The van der Waals surface area contributed by atoms with Gasteiger partial charge in [-0.25, -0.2) is 14.4 Å². The van der Waals surface area contributed by atoms with Crippen LogP contribution in [-0.2, 0) is 14.4 Å². The van der Waals surface area contributed by atoms with E-state index in [0.717, 1.165) is 46.5 Å². The Morgan fingerprint density at radius 2 is 0.568 bits per heavy atom. The number of aromatic nitrogens is 9. The van der Waals surface area contributed by atoms with Gasteiger partial charge in [0, 0.05) is 45.2 Å². The fraction of sp³-hybridized carbons (Fsp3) is 0.109. The molecule has 3 N–H and O–H groups in total. The lowest BCUT2D eigenvalue weighted by Gasteiger charge is -2.18. The molecule has 12 aromatic rings. The summed E-state index contributed by atoms with van der Waals surface area (Å²) in [4.78, 5) is 39.9. The zero-order chi connectivity index (χ0) is 59.0. The highest BCUT2D eigenvalue weighted by Gasteiger charge is 2.28. The topological polar surface area (TPSA) is 232 Å². The van der Waals surface area contributed by atoms with Crippen LogP contribution in [0.2, 0.25) is 15.1 Å². The number of aliphatic carboxylic acids is 3. The molecule has 0 spiro atoms. The van der Waals surface area contributed by atoms with Crippen molar-refractivity contribution in [2.75, 3.05) is 0 Å². The van der Waals surface area contributed by atoms with Crippen molar-refractivity contribution >= 4 is 134 Å². The molecule has 3 atom stereocenters. The van der Waals surface area contributed by atoms with E-state index in [1.165, 1.54) is 14.4 Å². The molecule has 0 amide bonds. The Bertz CT molecular complexity index is 3880. The van der Waals surface area contributed by atoms with E-state index in [9.17, 15) is 29.7 Å². The zero-order valence-electron chi connectivity index (χ0n) is 42.9. The molecule has 0 aliphatic carbocycles. The maximum absolute atomic E-state index is 11.9. The lowest BCUT2D eigenvalue weighted by molar-refractivity contribution is -0.146. The second-order valence-corrected chi connectivity index (χ2v) is 22.0. The quantitative estimate of drug-likeness (QED) is 0.0866. The molecule has 0 saturated heterocycles. The minimum atomic E-state index is -1.23. The first-order chi connectivity index (χ1) is 40.5. The number of carbonyl (C=O) groups is 3. The summed E-state index contributed by atoms with van der Waals surface area (Å²) < 4.78 is 20.0. The van der Waals surface area contributed by atoms with Crippen LogP contribution >= 0.6 is 82.6 Å². The Balaban J connectivity index is 0.000000206. The van der Waals surface area contributed by atoms with Crippen molar-refractivity contribution in [3.8, 4) is 34.3 Å². The molecule has 18 nitrogen and oxygen atoms in total. The van der Waals surface area contributed by atoms with E-state index in [1.54, 1.807) is 127 Å². The fourth-order valence-corrected chi connectivity index (χ4v) is 9.96. The molecule has 9 aromatic carbocycles. The van der Waals surface area contributed by atoms with Crippen LogP contribution in [0.4, 0.5) is 0 Å². The van der Waals surface area contributed by atoms with Crippen molar-refractivity contribution < 1.29 is 43.9 Å². The van der Waals surface area contributed by atoms with Crippen molar-refractivity contribution in [3.05, 3.63) is 245 Å². The first kappa shape index (κ1) is 68.4. The minimum Gasteiger partial charge on any atom is -0.478 e. The third-order valence-electron chi connectivity index (χ3n) is 12.1. The molecule has 0 aliphatic rings. The second kappa shape index (κ2) is 30.8. The monoisotopic (exact) mass is 1440 g/mol. The van der Waals surface area contributed by atoms with Gasteiger partial charge >= 0.3 is 17.9 Å². The van der Waals surface area contributed by atoms with Crippen molar-refractivity contribution in [1.29, 1.82) is 0 Å². The van der Waals surface area contributed by atoms with Crippen LogP contribution in [0.5, 0.6) is 17.2 Å². The summed E-state index contributed by atoms with van der Waals surface area (Å²) in [5, 5.41) is 57.1. The molecule has 0 bridgehead atoms. The van der Waals surface area contributed by atoms with Gasteiger partial charge in [-0.05, 0) is 127 Å². The standard InChI is InChI=1S/3C20H13BrClN3O3.4CH4/c3*21-13-8-9-18(28-19(20(26)27)12-4-3-5-14(22)10-12)17(11-13)25-23-15-6-1-2-7-16(15)24-25;;;;/h3*1-11,19H,(H,26,27);4*1H4. The lowest BCUT2D eigenvalue weighted by Crippen LogP contribution is -2.19. The van der Waals surface area contributed by atoms with Crippen LogP contribution in [0, 0.1) is 0 Å². The smallest absolute Gasteiger partial charge is 0.349 e. The van der Waals surface area contributed by atoms with E-state index < -0.39 is 36.2 Å².